The normalized spacial score (nSPS) is 16.3. The average Bonchev–Trinajstić information content (AvgIpc) is 2.69. The van der Waals surface area contributed by atoms with E-state index in [2.05, 4.69) is 17.1 Å². The molecule has 2 N–H and O–H groups in total. The molecule has 3 rings (SSSR count). The number of ether oxygens (including phenoxy) is 1. The maximum atomic E-state index is 10.7. The van der Waals surface area contributed by atoms with Gasteiger partial charge in [0.2, 0.25) is 0 Å². The highest BCUT2D eigenvalue weighted by atomic mass is 16.5. The van der Waals surface area contributed by atoms with E-state index in [1.54, 1.807) is 6.07 Å². The fourth-order valence-electron chi connectivity index (χ4n) is 3.56. The molecule has 1 aliphatic heterocycles. The first kappa shape index (κ1) is 18.7. The van der Waals surface area contributed by atoms with Crippen LogP contribution in [0.2, 0.25) is 0 Å². The van der Waals surface area contributed by atoms with Crippen molar-refractivity contribution in [2.75, 3.05) is 26.2 Å². The van der Waals surface area contributed by atoms with Crippen molar-refractivity contribution in [1.82, 2.24) is 10.2 Å². The van der Waals surface area contributed by atoms with Crippen LogP contribution >= 0.6 is 0 Å². The van der Waals surface area contributed by atoms with Gasteiger partial charge in [-0.15, -0.1) is 0 Å². The molecular weight excluding hydrogens is 324 g/mol. The van der Waals surface area contributed by atoms with E-state index >= 15 is 0 Å². The summed E-state index contributed by atoms with van der Waals surface area (Å²) in [4.78, 5) is 2.49. The number of hydrogen-bond donors (Lipinski definition) is 2. The van der Waals surface area contributed by atoms with E-state index in [1.165, 1.54) is 12.8 Å². The van der Waals surface area contributed by atoms with Crippen LogP contribution in [0.25, 0.3) is 0 Å². The fourth-order valence-corrected chi connectivity index (χ4v) is 3.56. The van der Waals surface area contributed by atoms with E-state index in [0.29, 0.717) is 18.1 Å². The maximum absolute atomic E-state index is 10.7. The lowest BCUT2D eigenvalue weighted by atomic mass is 9.97. The summed E-state index contributed by atoms with van der Waals surface area (Å²) in [5, 5.41) is 14.1. The minimum absolute atomic E-state index is 0.278. The summed E-state index contributed by atoms with van der Waals surface area (Å²) in [6, 6.07) is 16.2. The Bertz CT molecular complexity index is 669. The first-order valence-electron chi connectivity index (χ1n) is 9.72. The quantitative estimate of drug-likeness (QED) is 0.749. The third-order valence-electron chi connectivity index (χ3n) is 5.03. The Morgan fingerprint density at radius 2 is 1.88 bits per heavy atom. The molecule has 0 radical (unpaired) electrons. The summed E-state index contributed by atoms with van der Waals surface area (Å²) >= 11 is 0. The second-order valence-corrected chi connectivity index (χ2v) is 6.94. The monoisotopic (exact) mass is 354 g/mol. The Hall–Kier alpha value is -2.04. The number of piperazine rings is 1. The van der Waals surface area contributed by atoms with Gasteiger partial charge in [0.15, 0.2) is 0 Å². The number of benzene rings is 2. The Balaban J connectivity index is 1.70. The largest absolute Gasteiger partial charge is 0.507 e. The molecule has 0 unspecified atom stereocenters. The second-order valence-electron chi connectivity index (χ2n) is 6.94. The summed E-state index contributed by atoms with van der Waals surface area (Å²) < 4.78 is 5.85. The number of unbranched alkanes of at least 4 members (excludes halogenated alkanes) is 1. The molecule has 0 amide bonds. The number of hydrogen-bond acceptors (Lipinski definition) is 4. The third-order valence-corrected chi connectivity index (χ3v) is 5.03. The van der Waals surface area contributed by atoms with E-state index in [-0.39, 0.29) is 6.04 Å². The van der Waals surface area contributed by atoms with Gasteiger partial charge in [-0.05, 0) is 18.1 Å². The fraction of sp³-hybridized carbons (Fsp3) is 0.455. The van der Waals surface area contributed by atoms with Crippen LogP contribution in [0.5, 0.6) is 11.5 Å². The van der Waals surface area contributed by atoms with E-state index in [4.69, 9.17) is 4.74 Å². The number of phenolic OH excluding ortho intramolecular Hbond substituents is 1. The smallest absolute Gasteiger partial charge is 0.124 e. The van der Waals surface area contributed by atoms with Crippen LogP contribution < -0.4 is 10.1 Å². The first-order valence-corrected chi connectivity index (χ1v) is 9.72. The van der Waals surface area contributed by atoms with Gasteiger partial charge >= 0.3 is 0 Å². The number of nitrogens with one attached hydrogen (secondary N) is 1. The zero-order valence-electron chi connectivity index (χ0n) is 15.7. The van der Waals surface area contributed by atoms with Crippen LogP contribution in [0.15, 0.2) is 48.5 Å². The highest BCUT2D eigenvalue weighted by Gasteiger charge is 2.24. The lowest BCUT2D eigenvalue weighted by molar-refractivity contribution is 0.160. The summed E-state index contributed by atoms with van der Waals surface area (Å²) in [5.41, 5.74) is 2.14. The van der Waals surface area contributed by atoms with Gasteiger partial charge in [0.25, 0.3) is 0 Å². The van der Waals surface area contributed by atoms with Gasteiger partial charge in [-0.1, -0.05) is 56.2 Å². The van der Waals surface area contributed by atoms with Crippen LogP contribution in [-0.2, 0) is 6.61 Å². The van der Waals surface area contributed by atoms with E-state index in [1.807, 2.05) is 42.5 Å². The molecule has 0 aliphatic carbocycles. The minimum atomic E-state index is 0.278. The van der Waals surface area contributed by atoms with Crippen molar-refractivity contribution in [1.29, 1.82) is 0 Å². The highest BCUT2D eigenvalue weighted by molar-refractivity contribution is 5.41. The Kier molecular flexibility index (Phi) is 6.92. The molecule has 26 heavy (non-hydrogen) atoms. The number of nitrogens with zero attached hydrogens (tertiary/aromatic N) is 1. The standard InChI is InChI=1S/C22H30N2O2/c1-2-3-9-21(24-14-12-23-13-15-24)20-11-10-19(16-22(20)25)26-17-18-7-5-4-6-8-18/h4-8,10-11,16,21,23,25H,2-3,9,12-15,17H2,1H3/t21-/m1/s1. The molecule has 0 spiro atoms. The van der Waals surface area contributed by atoms with Gasteiger partial charge in [0, 0.05) is 43.9 Å². The summed E-state index contributed by atoms with van der Waals surface area (Å²) in [7, 11) is 0. The molecule has 1 aliphatic rings. The maximum Gasteiger partial charge on any atom is 0.124 e. The lowest BCUT2D eigenvalue weighted by Crippen LogP contribution is -2.45. The molecule has 0 bridgehead atoms. The molecule has 0 aromatic heterocycles. The van der Waals surface area contributed by atoms with E-state index in [0.717, 1.165) is 43.7 Å². The van der Waals surface area contributed by atoms with Crippen LogP contribution in [0.3, 0.4) is 0 Å². The van der Waals surface area contributed by atoms with Crippen molar-refractivity contribution in [3.63, 3.8) is 0 Å². The summed E-state index contributed by atoms with van der Waals surface area (Å²) in [6.07, 6.45) is 3.41. The van der Waals surface area contributed by atoms with Crippen molar-refractivity contribution in [3.05, 3.63) is 59.7 Å². The molecule has 1 heterocycles. The Morgan fingerprint density at radius 1 is 1.12 bits per heavy atom. The van der Waals surface area contributed by atoms with Gasteiger partial charge in [-0.3, -0.25) is 4.90 Å². The minimum Gasteiger partial charge on any atom is -0.507 e. The van der Waals surface area contributed by atoms with Crippen molar-refractivity contribution in [3.8, 4) is 11.5 Å². The van der Waals surface area contributed by atoms with E-state index < -0.39 is 0 Å². The highest BCUT2D eigenvalue weighted by Crippen LogP contribution is 2.35. The first-order chi connectivity index (χ1) is 12.8. The Morgan fingerprint density at radius 3 is 2.58 bits per heavy atom. The molecule has 4 heteroatoms. The number of rotatable bonds is 8. The van der Waals surface area contributed by atoms with Crippen molar-refractivity contribution < 1.29 is 9.84 Å². The predicted octanol–water partition coefficient (Wildman–Crippen LogP) is 4.11. The topological polar surface area (TPSA) is 44.7 Å². The Labute approximate surface area is 156 Å². The SMILES string of the molecule is CCCC[C@H](c1ccc(OCc2ccccc2)cc1O)N1CCNCC1. The van der Waals surface area contributed by atoms with Crippen LogP contribution in [0, 0.1) is 0 Å². The number of phenols is 1. The number of aromatic hydroxyl groups is 1. The molecule has 0 saturated carbocycles. The molecular formula is C22H30N2O2. The molecule has 2 aromatic rings. The van der Waals surface area contributed by atoms with Gasteiger partial charge in [0.05, 0.1) is 0 Å². The lowest BCUT2D eigenvalue weighted by Gasteiger charge is -2.35. The van der Waals surface area contributed by atoms with Gasteiger partial charge < -0.3 is 15.2 Å². The molecule has 1 fully saturated rings. The van der Waals surface area contributed by atoms with Crippen molar-refractivity contribution >= 4 is 0 Å². The zero-order chi connectivity index (χ0) is 18.2. The average molecular weight is 354 g/mol. The second kappa shape index (κ2) is 9.60. The molecule has 4 nitrogen and oxygen atoms in total. The third kappa shape index (κ3) is 4.99. The van der Waals surface area contributed by atoms with Gasteiger partial charge in [0.1, 0.15) is 18.1 Å². The van der Waals surface area contributed by atoms with Crippen molar-refractivity contribution in [2.24, 2.45) is 0 Å². The summed E-state index contributed by atoms with van der Waals surface area (Å²) in [5.74, 6) is 1.06. The molecule has 1 saturated heterocycles. The van der Waals surface area contributed by atoms with Crippen molar-refractivity contribution in [2.45, 2.75) is 38.8 Å². The molecule has 140 valence electrons. The van der Waals surface area contributed by atoms with Crippen LogP contribution in [-0.4, -0.2) is 36.2 Å². The van der Waals surface area contributed by atoms with Gasteiger partial charge in [-0.25, -0.2) is 0 Å². The summed E-state index contributed by atoms with van der Waals surface area (Å²) in [6.45, 7) is 6.81. The molecule has 2 aromatic carbocycles. The zero-order valence-corrected chi connectivity index (χ0v) is 15.7. The van der Waals surface area contributed by atoms with Gasteiger partial charge in [-0.2, -0.15) is 0 Å². The predicted molar refractivity (Wildman–Crippen MR) is 106 cm³/mol. The van der Waals surface area contributed by atoms with E-state index in [9.17, 15) is 5.11 Å². The van der Waals surface area contributed by atoms with Crippen LogP contribution in [0.1, 0.15) is 43.4 Å². The van der Waals surface area contributed by atoms with Crippen LogP contribution in [0.4, 0.5) is 0 Å². The molecule has 1 atom stereocenters.